The summed E-state index contributed by atoms with van der Waals surface area (Å²) < 4.78 is 47.6. The lowest BCUT2D eigenvalue weighted by Gasteiger charge is -2.26. The number of ether oxygens (including phenoxy) is 1. The van der Waals surface area contributed by atoms with E-state index < -0.39 is 12.1 Å². The molecule has 0 saturated heterocycles. The summed E-state index contributed by atoms with van der Waals surface area (Å²) >= 11 is 0. The molecular weight excluding hydrogens is 537 g/mol. The lowest BCUT2D eigenvalue weighted by molar-refractivity contribution is -0.167. The van der Waals surface area contributed by atoms with E-state index in [4.69, 9.17) is 4.74 Å². The smallest absolute Gasteiger partial charge is 0.471 e. The second kappa shape index (κ2) is 11.2. The number of nitrogens with one attached hydrogen (secondary N) is 2. The summed E-state index contributed by atoms with van der Waals surface area (Å²) in [4.78, 5) is 24.4. The molecule has 5 rings (SSSR count). The number of fused-ring (bicyclic) bond motifs is 1. The molecule has 13 heteroatoms. The number of amides is 1. The van der Waals surface area contributed by atoms with Crippen molar-refractivity contribution in [2.24, 2.45) is 7.05 Å². The zero-order chi connectivity index (χ0) is 29.3. The second-order valence-corrected chi connectivity index (χ2v) is 10.3. The largest absolute Gasteiger partial charge is 0.488 e. The molecule has 2 aromatic heterocycles. The van der Waals surface area contributed by atoms with Crippen LogP contribution in [0.15, 0.2) is 48.9 Å². The van der Waals surface area contributed by atoms with E-state index in [1.807, 2.05) is 49.6 Å². The standard InChI is InChI=1S/C28H31F3N8O2/c1-37(2)9-10-38(3)24-14-25(41-19-6-7-19)22(12-21(24)36-27(40)28(29,30)31)35-26-13-20(32-16-33-26)17-5-8-23-18(11-17)15-34-39(23)4/h5,8,11-16,19H,6-7,9-10H2,1-4H3,(H,36,40)(H,32,33,35). The zero-order valence-corrected chi connectivity index (χ0v) is 23.2. The van der Waals surface area contributed by atoms with Gasteiger partial charge < -0.3 is 25.2 Å². The maximum absolute atomic E-state index is 13.2. The number of alkyl halides is 3. The van der Waals surface area contributed by atoms with Crippen molar-refractivity contribution in [1.29, 1.82) is 0 Å². The minimum Gasteiger partial charge on any atom is -0.488 e. The van der Waals surface area contributed by atoms with Crippen molar-refractivity contribution in [3.05, 3.63) is 48.9 Å². The predicted octanol–water partition coefficient (Wildman–Crippen LogP) is 4.81. The molecule has 4 aromatic rings. The molecule has 1 aliphatic carbocycles. The number of hydrogen-bond donors (Lipinski definition) is 2. The first kappa shape index (κ1) is 28.1. The first-order chi connectivity index (χ1) is 19.5. The molecule has 1 fully saturated rings. The number of carbonyl (C=O) groups excluding carboxylic acids is 1. The summed E-state index contributed by atoms with van der Waals surface area (Å²) in [6.07, 6.45) is -0.0963. The van der Waals surface area contributed by atoms with Crippen molar-refractivity contribution in [1.82, 2.24) is 24.6 Å². The summed E-state index contributed by atoms with van der Waals surface area (Å²) in [6.45, 7) is 1.16. The molecular formula is C28H31F3N8O2. The molecule has 216 valence electrons. The number of aromatic nitrogens is 4. The Kier molecular flexibility index (Phi) is 7.72. The monoisotopic (exact) mass is 568 g/mol. The minimum absolute atomic E-state index is 0.00413. The van der Waals surface area contributed by atoms with Crippen LogP contribution in [-0.4, -0.2) is 77.1 Å². The Morgan fingerprint density at radius 1 is 1.07 bits per heavy atom. The molecule has 0 spiro atoms. The molecule has 2 N–H and O–H groups in total. The van der Waals surface area contributed by atoms with Gasteiger partial charge in [0, 0.05) is 50.3 Å². The number of anilines is 4. The summed E-state index contributed by atoms with van der Waals surface area (Å²) in [5.41, 5.74) is 3.23. The number of carbonyl (C=O) groups is 1. The van der Waals surface area contributed by atoms with Gasteiger partial charge in [-0.3, -0.25) is 9.48 Å². The van der Waals surface area contributed by atoms with Crippen molar-refractivity contribution in [2.75, 3.05) is 49.8 Å². The van der Waals surface area contributed by atoms with Gasteiger partial charge in [0.25, 0.3) is 0 Å². The fraction of sp³-hybridized carbons (Fsp3) is 0.357. The van der Waals surface area contributed by atoms with Crippen LogP contribution in [0.4, 0.5) is 36.1 Å². The quantitative estimate of drug-likeness (QED) is 0.281. The third-order valence-electron chi connectivity index (χ3n) is 6.69. The summed E-state index contributed by atoms with van der Waals surface area (Å²) in [5, 5.41) is 10.4. The van der Waals surface area contributed by atoms with E-state index in [1.54, 1.807) is 35.0 Å². The maximum atomic E-state index is 13.2. The highest BCUT2D eigenvalue weighted by atomic mass is 19.4. The van der Waals surface area contributed by atoms with Gasteiger partial charge in [0.15, 0.2) is 0 Å². The normalized spacial score (nSPS) is 13.5. The fourth-order valence-corrected chi connectivity index (χ4v) is 4.25. The number of likely N-dealkylation sites (N-methyl/N-ethyl adjacent to an activating group) is 2. The molecule has 0 bridgehead atoms. The Labute approximate surface area is 235 Å². The highest BCUT2D eigenvalue weighted by Crippen LogP contribution is 2.41. The number of aryl methyl sites for hydroxylation is 1. The Hall–Kier alpha value is -4.39. The Balaban J connectivity index is 1.51. The van der Waals surface area contributed by atoms with Crippen LogP contribution in [0.25, 0.3) is 22.2 Å². The fourth-order valence-electron chi connectivity index (χ4n) is 4.25. The summed E-state index contributed by atoms with van der Waals surface area (Å²) in [7, 11) is 7.43. The molecule has 10 nitrogen and oxygen atoms in total. The Morgan fingerprint density at radius 2 is 1.85 bits per heavy atom. The molecule has 1 amide bonds. The molecule has 0 radical (unpaired) electrons. The van der Waals surface area contributed by atoms with Crippen LogP contribution in [0, 0.1) is 0 Å². The van der Waals surface area contributed by atoms with Crippen LogP contribution >= 0.6 is 0 Å². The van der Waals surface area contributed by atoms with Crippen LogP contribution in [-0.2, 0) is 11.8 Å². The van der Waals surface area contributed by atoms with Crippen molar-refractivity contribution < 1.29 is 22.7 Å². The van der Waals surface area contributed by atoms with Crippen LogP contribution in [0.1, 0.15) is 12.8 Å². The van der Waals surface area contributed by atoms with Crippen molar-refractivity contribution in [2.45, 2.75) is 25.1 Å². The number of benzene rings is 2. The van der Waals surface area contributed by atoms with Crippen LogP contribution in [0.3, 0.4) is 0 Å². The molecule has 1 saturated carbocycles. The maximum Gasteiger partial charge on any atom is 0.471 e. The minimum atomic E-state index is -5.05. The zero-order valence-electron chi connectivity index (χ0n) is 23.2. The molecule has 0 aliphatic heterocycles. The average Bonchev–Trinajstić information content (AvgIpc) is 3.67. The Morgan fingerprint density at radius 3 is 2.56 bits per heavy atom. The van der Waals surface area contributed by atoms with Gasteiger partial charge in [-0.05, 0) is 45.1 Å². The second-order valence-electron chi connectivity index (χ2n) is 10.3. The van der Waals surface area contributed by atoms with Crippen molar-refractivity contribution in [3.8, 4) is 17.0 Å². The van der Waals surface area contributed by atoms with Gasteiger partial charge in [0.2, 0.25) is 0 Å². The van der Waals surface area contributed by atoms with E-state index in [1.165, 1.54) is 12.4 Å². The van der Waals surface area contributed by atoms with Gasteiger partial charge in [-0.2, -0.15) is 18.3 Å². The first-order valence-corrected chi connectivity index (χ1v) is 13.1. The molecule has 1 aliphatic rings. The predicted molar refractivity (Wildman–Crippen MR) is 152 cm³/mol. The lowest BCUT2D eigenvalue weighted by atomic mass is 10.1. The Bertz CT molecular complexity index is 1570. The van der Waals surface area contributed by atoms with Gasteiger partial charge in [0.1, 0.15) is 17.9 Å². The van der Waals surface area contributed by atoms with Gasteiger partial charge in [-0.25, -0.2) is 9.97 Å². The third-order valence-corrected chi connectivity index (χ3v) is 6.69. The molecule has 0 unspecified atom stereocenters. The van der Waals surface area contributed by atoms with E-state index in [0.29, 0.717) is 41.7 Å². The SMILES string of the molecule is CN(C)CCN(C)c1cc(OC2CC2)c(Nc2cc(-c3ccc4c(cnn4C)c3)ncn2)cc1NC(=O)C(F)(F)F. The number of halogens is 3. The van der Waals surface area contributed by atoms with E-state index in [-0.39, 0.29) is 11.8 Å². The number of rotatable bonds is 10. The average molecular weight is 569 g/mol. The lowest BCUT2D eigenvalue weighted by Crippen LogP contribution is -2.32. The van der Waals surface area contributed by atoms with Crippen LogP contribution in [0.2, 0.25) is 0 Å². The van der Waals surface area contributed by atoms with E-state index >= 15 is 0 Å². The first-order valence-electron chi connectivity index (χ1n) is 13.1. The van der Waals surface area contributed by atoms with Gasteiger partial charge in [-0.15, -0.1) is 0 Å². The van der Waals surface area contributed by atoms with Crippen molar-refractivity contribution in [3.63, 3.8) is 0 Å². The molecule has 2 aromatic carbocycles. The van der Waals surface area contributed by atoms with Gasteiger partial charge in [-0.1, -0.05) is 6.07 Å². The number of hydrogen-bond acceptors (Lipinski definition) is 8. The highest BCUT2D eigenvalue weighted by Gasteiger charge is 2.39. The topological polar surface area (TPSA) is 100 Å². The van der Waals surface area contributed by atoms with E-state index in [0.717, 1.165) is 29.3 Å². The van der Waals surface area contributed by atoms with Gasteiger partial charge >= 0.3 is 12.1 Å². The molecule has 41 heavy (non-hydrogen) atoms. The van der Waals surface area contributed by atoms with Crippen LogP contribution in [0.5, 0.6) is 5.75 Å². The van der Waals surface area contributed by atoms with Crippen LogP contribution < -0.4 is 20.3 Å². The third kappa shape index (κ3) is 6.68. The van der Waals surface area contributed by atoms with E-state index in [9.17, 15) is 18.0 Å². The summed E-state index contributed by atoms with van der Waals surface area (Å²) in [5.74, 6) is -1.21. The highest BCUT2D eigenvalue weighted by molar-refractivity contribution is 5.99. The summed E-state index contributed by atoms with van der Waals surface area (Å²) in [6, 6.07) is 10.7. The van der Waals surface area contributed by atoms with Gasteiger partial charge in [0.05, 0.1) is 40.6 Å². The van der Waals surface area contributed by atoms with E-state index in [2.05, 4.69) is 20.4 Å². The molecule has 2 heterocycles. The molecule has 0 atom stereocenters. The number of nitrogens with zero attached hydrogens (tertiary/aromatic N) is 6. The van der Waals surface area contributed by atoms with Crippen molar-refractivity contribution >= 4 is 39.7 Å².